The normalized spacial score (nSPS) is 9.94. The molecule has 0 spiro atoms. The Morgan fingerprint density at radius 3 is 2.69 bits per heavy atom. The first-order valence-corrected chi connectivity index (χ1v) is 5.97. The van der Waals surface area contributed by atoms with Crippen LogP contribution < -0.4 is 0 Å². The third kappa shape index (κ3) is 3.70. The summed E-state index contributed by atoms with van der Waals surface area (Å²) in [7, 11) is 1.28. The van der Waals surface area contributed by atoms with Gasteiger partial charge in [0.05, 0.1) is 18.4 Å². The Bertz CT molecular complexity index is 421. The quantitative estimate of drug-likeness (QED) is 0.483. The van der Waals surface area contributed by atoms with Crippen molar-refractivity contribution in [2.45, 2.75) is 4.90 Å². The Kier molecular flexibility index (Phi) is 5.12. The van der Waals surface area contributed by atoms with Gasteiger partial charge in [-0.2, -0.15) is 0 Å². The summed E-state index contributed by atoms with van der Waals surface area (Å²) in [4.78, 5) is 22.7. The van der Waals surface area contributed by atoms with E-state index in [9.17, 15) is 9.59 Å². The second kappa shape index (κ2) is 6.13. The minimum atomic E-state index is -0.493. The van der Waals surface area contributed by atoms with Crippen molar-refractivity contribution in [2.24, 2.45) is 0 Å². The molecule has 0 aliphatic carbocycles. The zero-order valence-electron chi connectivity index (χ0n) is 8.33. The van der Waals surface area contributed by atoms with Crippen LogP contribution in [0.3, 0.4) is 0 Å². The third-order valence-corrected chi connectivity index (χ3v) is 3.29. The summed E-state index contributed by atoms with van der Waals surface area (Å²) in [5.74, 6) is -0.403. The van der Waals surface area contributed by atoms with Crippen molar-refractivity contribution in [2.75, 3.05) is 12.9 Å². The first-order chi connectivity index (χ1) is 7.54. The number of benzene rings is 1. The Labute approximate surface area is 107 Å². The van der Waals surface area contributed by atoms with Crippen molar-refractivity contribution < 1.29 is 14.3 Å². The number of rotatable bonds is 4. The fraction of sp³-hybridized carbons (Fsp3) is 0.200. The minimum absolute atomic E-state index is 0.0905. The molecule has 0 fully saturated rings. The van der Waals surface area contributed by atoms with Gasteiger partial charge in [0.1, 0.15) is 0 Å². The predicted molar refractivity (Wildman–Crippen MR) is 64.4 cm³/mol. The third-order valence-electron chi connectivity index (χ3n) is 1.69. The molecule has 1 rings (SSSR count). The molecule has 0 radical (unpaired) electrons. The molecule has 0 bridgehead atoms. The maximum absolute atomic E-state index is 11.4. The molecule has 0 unspecified atom stereocenters. The second-order valence-electron chi connectivity index (χ2n) is 2.78. The summed E-state index contributed by atoms with van der Waals surface area (Å²) in [6, 6.07) is 4.78. The molecule has 0 amide bonds. The highest BCUT2D eigenvalue weighted by Gasteiger charge is 2.13. The molecule has 1 aromatic rings. The second-order valence-corrected chi connectivity index (χ2v) is 4.65. The maximum Gasteiger partial charge on any atom is 0.339 e. The van der Waals surface area contributed by atoms with Crippen LogP contribution in [0.4, 0.5) is 0 Å². The highest BCUT2D eigenvalue weighted by molar-refractivity contribution is 8.00. The van der Waals surface area contributed by atoms with E-state index in [1.165, 1.54) is 24.9 Å². The highest BCUT2D eigenvalue weighted by atomic mass is 35.5. The molecule has 0 heterocycles. The van der Waals surface area contributed by atoms with E-state index in [0.717, 1.165) is 0 Å². The van der Waals surface area contributed by atoms with Crippen molar-refractivity contribution in [3.63, 3.8) is 0 Å². The van der Waals surface area contributed by atoms with E-state index in [1.54, 1.807) is 12.1 Å². The lowest BCUT2D eigenvalue weighted by Crippen LogP contribution is -2.03. The van der Waals surface area contributed by atoms with Crippen LogP contribution in [0.5, 0.6) is 0 Å². The van der Waals surface area contributed by atoms with Crippen LogP contribution in [0, 0.1) is 0 Å². The number of hydrogen-bond donors (Lipinski definition) is 0. The number of methoxy groups -OCH3 is 1. The molecular weight excluding hydrogens is 271 g/mol. The number of hydrogen-bond acceptors (Lipinski definition) is 4. The van der Waals surface area contributed by atoms with Crippen LogP contribution in [-0.2, 0) is 9.53 Å². The Morgan fingerprint density at radius 2 is 2.12 bits per heavy atom. The molecule has 0 aliphatic heterocycles. The standard InChI is InChI=1S/C10H8Cl2O3S/c1-15-10(14)7-4-6(11)2-3-8(7)16-5-9(12)13/h2-4H,5H2,1H3. The number of ether oxygens (including phenoxy) is 1. The Morgan fingerprint density at radius 1 is 1.44 bits per heavy atom. The van der Waals surface area contributed by atoms with Gasteiger partial charge >= 0.3 is 5.97 Å². The summed E-state index contributed by atoms with van der Waals surface area (Å²) >= 11 is 12.2. The molecule has 1 aromatic carbocycles. The largest absolute Gasteiger partial charge is 0.465 e. The molecule has 0 N–H and O–H groups in total. The summed E-state index contributed by atoms with van der Waals surface area (Å²) in [5.41, 5.74) is 0.331. The van der Waals surface area contributed by atoms with Gasteiger partial charge in [0.15, 0.2) is 0 Å². The van der Waals surface area contributed by atoms with E-state index in [2.05, 4.69) is 4.74 Å². The minimum Gasteiger partial charge on any atom is -0.465 e. The number of thioether (sulfide) groups is 1. The summed E-state index contributed by atoms with van der Waals surface area (Å²) < 4.78 is 4.61. The smallest absolute Gasteiger partial charge is 0.339 e. The average Bonchev–Trinajstić information content (AvgIpc) is 2.26. The van der Waals surface area contributed by atoms with Crippen LogP contribution in [0.2, 0.25) is 5.02 Å². The van der Waals surface area contributed by atoms with E-state index in [1.807, 2.05) is 0 Å². The van der Waals surface area contributed by atoms with Gasteiger partial charge in [0.2, 0.25) is 5.24 Å². The first kappa shape index (κ1) is 13.4. The van der Waals surface area contributed by atoms with Crippen LogP contribution in [0.1, 0.15) is 10.4 Å². The first-order valence-electron chi connectivity index (χ1n) is 4.23. The molecule has 0 atom stereocenters. The molecule has 0 aromatic heterocycles. The van der Waals surface area contributed by atoms with Gasteiger partial charge in [0.25, 0.3) is 0 Å². The molecule has 0 saturated carbocycles. The van der Waals surface area contributed by atoms with E-state index in [0.29, 0.717) is 15.5 Å². The van der Waals surface area contributed by atoms with E-state index >= 15 is 0 Å². The van der Waals surface area contributed by atoms with Gasteiger partial charge in [-0.15, -0.1) is 11.8 Å². The van der Waals surface area contributed by atoms with Crippen molar-refractivity contribution in [1.82, 2.24) is 0 Å². The van der Waals surface area contributed by atoms with E-state index < -0.39 is 11.2 Å². The summed E-state index contributed by atoms with van der Waals surface area (Å²) in [5, 5.41) is -0.0438. The Hall–Kier alpha value is -0.710. The van der Waals surface area contributed by atoms with Gasteiger partial charge in [-0.3, -0.25) is 4.79 Å². The molecule has 0 saturated heterocycles. The fourth-order valence-electron chi connectivity index (χ4n) is 1.03. The van der Waals surface area contributed by atoms with E-state index in [-0.39, 0.29) is 5.75 Å². The predicted octanol–water partition coefficient (Wildman–Crippen LogP) is 2.98. The zero-order chi connectivity index (χ0) is 12.1. The molecule has 86 valence electrons. The average molecular weight is 279 g/mol. The molecular formula is C10H8Cl2O3S. The zero-order valence-corrected chi connectivity index (χ0v) is 10.7. The van der Waals surface area contributed by atoms with Crippen LogP contribution >= 0.6 is 35.0 Å². The van der Waals surface area contributed by atoms with Crippen LogP contribution in [0.25, 0.3) is 0 Å². The van der Waals surface area contributed by atoms with Gasteiger partial charge in [-0.1, -0.05) is 11.6 Å². The summed E-state index contributed by atoms with van der Waals surface area (Å²) in [6.07, 6.45) is 0. The van der Waals surface area contributed by atoms with Crippen molar-refractivity contribution in [3.8, 4) is 0 Å². The van der Waals surface area contributed by atoms with Crippen molar-refractivity contribution >= 4 is 46.2 Å². The van der Waals surface area contributed by atoms with Gasteiger partial charge < -0.3 is 4.74 Å². The number of carbonyl (C=O) groups is 2. The lowest BCUT2D eigenvalue weighted by atomic mass is 10.2. The summed E-state index contributed by atoms with van der Waals surface area (Å²) in [6.45, 7) is 0. The fourth-order valence-corrected chi connectivity index (χ4v) is 2.10. The topological polar surface area (TPSA) is 43.4 Å². The van der Waals surface area contributed by atoms with Gasteiger partial charge in [-0.25, -0.2) is 4.79 Å². The van der Waals surface area contributed by atoms with Gasteiger partial charge in [0, 0.05) is 9.92 Å². The molecule has 3 nitrogen and oxygen atoms in total. The van der Waals surface area contributed by atoms with Crippen molar-refractivity contribution in [1.29, 1.82) is 0 Å². The number of esters is 1. The highest BCUT2D eigenvalue weighted by Crippen LogP contribution is 2.26. The lowest BCUT2D eigenvalue weighted by Gasteiger charge is -2.06. The van der Waals surface area contributed by atoms with Crippen LogP contribution in [0.15, 0.2) is 23.1 Å². The monoisotopic (exact) mass is 278 g/mol. The number of halogens is 2. The van der Waals surface area contributed by atoms with E-state index in [4.69, 9.17) is 23.2 Å². The van der Waals surface area contributed by atoms with Crippen molar-refractivity contribution in [3.05, 3.63) is 28.8 Å². The molecule has 6 heteroatoms. The maximum atomic E-state index is 11.4. The SMILES string of the molecule is COC(=O)c1cc(Cl)ccc1SCC(=O)Cl. The lowest BCUT2D eigenvalue weighted by molar-refractivity contribution is -0.109. The molecule has 0 aliphatic rings. The Balaban J connectivity index is 2.98. The van der Waals surface area contributed by atoms with Crippen LogP contribution in [-0.4, -0.2) is 24.1 Å². The number of carbonyl (C=O) groups excluding carboxylic acids is 2. The van der Waals surface area contributed by atoms with Gasteiger partial charge in [-0.05, 0) is 29.8 Å². The molecule has 16 heavy (non-hydrogen) atoms.